The molecular formula is C29H35N7O5. The van der Waals surface area contributed by atoms with E-state index < -0.39 is 12.1 Å². The minimum atomic E-state index is -0.654. The number of nitrogens with one attached hydrogen (secondary N) is 3. The van der Waals surface area contributed by atoms with Crippen LogP contribution in [0.5, 0.6) is 0 Å². The topological polar surface area (TPSA) is 139 Å². The molecule has 12 nitrogen and oxygen atoms in total. The quantitative estimate of drug-likeness (QED) is 0.334. The summed E-state index contributed by atoms with van der Waals surface area (Å²) in [5, 5.41) is 13.6. The second-order valence-electron chi connectivity index (χ2n) is 10.5. The number of benzene rings is 1. The molecule has 3 amide bonds. The van der Waals surface area contributed by atoms with E-state index in [4.69, 9.17) is 14.5 Å². The van der Waals surface area contributed by atoms with Crippen molar-refractivity contribution in [3.8, 4) is 0 Å². The van der Waals surface area contributed by atoms with Crippen molar-refractivity contribution in [1.82, 2.24) is 19.5 Å². The number of hydrogen-bond acceptors (Lipinski definition) is 8. The molecule has 0 aliphatic carbocycles. The average Bonchev–Trinajstić information content (AvgIpc) is 3.37. The third-order valence-corrected chi connectivity index (χ3v) is 7.27. The Morgan fingerprint density at radius 3 is 2.68 bits per heavy atom. The number of aromatic nitrogens is 3. The van der Waals surface area contributed by atoms with Gasteiger partial charge in [-0.3, -0.25) is 14.9 Å². The number of rotatable bonds is 9. The smallest absolute Gasteiger partial charge is 0.413 e. The fourth-order valence-electron chi connectivity index (χ4n) is 4.90. The van der Waals surface area contributed by atoms with Crippen LogP contribution in [0.25, 0.3) is 5.65 Å². The van der Waals surface area contributed by atoms with E-state index in [9.17, 15) is 14.4 Å². The first kappa shape index (κ1) is 28.1. The first-order valence-electron chi connectivity index (χ1n) is 13.8. The molecule has 1 atom stereocenters. The van der Waals surface area contributed by atoms with Gasteiger partial charge in [-0.2, -0.15) is 9.61 Å². The summed E-state index contributed by atoms with van der Waals surface area (Å²) in [6.45, 7) is 9.52. The van der Waals surface area contributed by atoms with Gasteiger partial charge in [0, 0.05) is 43.1 Å². The number of fused-ring (bicyclic) bond motifs is 1. The van der Waals surface area contributed by atoms with Crippen molar-refractivity contribution in [3.05, 3.63) is 60.3 Å². The second kappa shape index (κ2) is 12.4. The van der Waals surface area contributed by atoms with Crippen LogP contribution >= 0.6 is 0 Å². The molecule has 2 saturated heterocycles. The molecule has 0 bridgehead atoms. The van der Waals surface area contributed by atoms with Gasteiger partial charge in [0.05, 0.1) is 6.20 Å². The van der Waals surface area contributed by atoms with Crippen molar-refractivity contribution in [2.45, 2.75) is 57.7 Å². The normalized spacial score (nSPS) is 17.1. The van der Waals surface area contributed by atoms with Gasteiger partial charge in [0.15, 0.2) is 5.65 Å². The summed E-state index contributed by atoms with van der Waals surface area (Å²) in [4.78, 5) is 43.6. The number of carbonyl (C=O) groups is 3. The predicted molar refractivity (Wildman–Crippen MR) is 154 cm³/mol. The molecule has 3 aromatic rings. The number of carbonyl (C=O) groups excluding carboxylic acids is 3. The molecule has 2 aromatic heterocycles. The molecule has 216 valence electrons. The third-order valence-electron chi connectivity index (χ3n) is 7.27. The van der Waals surface area contributed by atoms with Crippen LogP contribution < -0.4 is 16.0 Å². The minimum Gasteiger partial charge on any atom is -0.444 e. The molecule has 5 rings (SSSR count). The maximum absolute atomic E-state index is 12.9. The highest BCUT2D eigenvalue weighted by molar-refractivity contribution is 6.00. The number of ether oxygens (including phenoxy) is 2. The van der Waals surface area contributed by atoms with Gasteiger partial charge in [0.25, 0.3) is 0 Å². The van der Waals surface area contributed by atoms with E-state index in [0.29, 0.717) is 54.7 Å². The molecule has 1 aromatic carbocycles. The van der Waals surface area contributed by atoms with Gasteiger partial charge in [-0.25, -0.2) is 9.78 Å². The Balaban J connectivity index is 1.24. The largest absolute Gasteiger partial charge is 0.444 e. The third kappa shape index (κ3) is 6.49. The van der Waals surface area contributed by atoms with Crippen LogP contribution in [0.3, 0.4) is 0 Å². The van der Waals surface area contributed by atoms with Crippen LogP contribution in [-0.2, 0) is 25.7 Å². The van der Waals surface area contributed by atoms with Crippen LogP contribution in [0.4, 0.5) is 22.1 Å². The monoisotopic (exact) mass is 561 g/mol. The van der Waals surface area contributed by atoms with Gasteiger partial charge in [-0.05, 0) is 49.0 Å². The highest BCUT2D eigenvalue weighted by Gasteiger charge is 2.36. The van der Waals surface area contributed by atoms with Crippen molar-refractivity contribution in [2.24, 2.45) is 0 Å². The molecule has 3 N–H and O–H groups in total. The summed E-state index contributed by atoms with van der Waals surface area (Å²) >= 11 is 0. The van der Waals surface area contributed by atoms with Crippen LogP contribution in [-0.4, -0.2) is 69.2 Å². The lowest BCUT2D eigenvalue weighted by Crippen LogP contribution is -2.56. The zero-order valence-corrected chi connectivity index (χ0v) is 23.3. The number of hydrogen-bond donors (Lipinski definition) is 3. The standard InChI is InChI=1S/C29H35N7O5/c1-4-26(37)35-11-8-23(35)28(38)32-21-7-5-6-19(14-21)17-41-29(39)34-25-15-24(31-20-9-12-40-13-10-20)33-27-22(18(2)3)16-30-36(25)27/h4-7,14-16,18,20,23H,1,8-13,17H2,2-3H3,(H,31,33)(H,32,38)(H,34,39). The second-order valence-corrected chi connectivity index (χ2v) is 10.5. The Kier molecular flexibility index (Phi) is 8.48. The highest BCUT2D eigenvalue weighted by Crippen LogP contribution is 2.26. The van der Waals surface area contributed by atoms with Gasteiger partial charge in [-0.1, -0.05) is 32.6 Å². The van der Waals surface area contributed by atoms with Crippen molar-refractivity contribution < 1.29 is 23.9 Å². The lowest BCUT2D eigenvalue weighted by molar-refractivity contribution is -0.141. The molecular weight excluding hydrogens is 526 g/mol. The van der Waals surface area contributed by atoms with E-state index in [-0.39, 0.29) is 30.4 Å². The van der Waals surface area contributed by atoms with Crippen LogP contribution in [0.15, 0.2) is 49.2 Å². The lowest BCUT2D eigenvalue weighted by Gasteiger charge is -2.39. The van der Waals surface area contributed by atoms with E-state index >= 15 is 0 Å². The number of amides is 3. The first-order valence-corrected chi connectivity index (χ1v) is 13.8. The Labute approximate surface area is 238 Å². The van der Waals surface area contributed by atoms with Crippen molar-refractivity contribution in [2.75, 3.05) is 35.7 Å². The summed E-state index contributed by atoms with van der Waals surface area (Å²) in [5.41, 5.74) is 2.87. The molecule has 1 unspecified atom stereocenters. The van der Waals surface area contributed by atoms with Crippen LogP contribution in [0, 0.1) is 0 Å². The summed E-state index contributed by atoms with van der Waals surface area (Å²) in [6, 6.07) is 8.48. The summed E-state index contributed by atoms with van der Waals surface area (Å²) in [6.07, 6.45) is 4.66. The van der Waals surface area contributed by atoms with E-state index in [1.807, 2.05) is 0 Å². The zero-order chi connectivity index (χ0) is 28.9. The zero-order valence-electron chi connectivity index (χ0n) is 23.3. The molecule has 0 spiro atoms. The minimum absolute atomic E-state index is 0.0161. The highest BCUT2D eigenvalue weighted by atomic mass is 16.5. The lowest BCUT2D eigenvalue weighted by atomic mass is 10.0. The molecule has 41 heavy (non-hydrogen) atoms. The Bertz CT molecular complexity index is 1450. The molecule has 0 saturated carbocycles. The number of anilines is 3. The summed E-state index contributed by atoms with van der Waals surface area (Å²) < 4.78 is 12.6. The van der Waals surface area contributed by atoms with Gasteiger partial charge < -0.3 is 25.0 Å². The van der Waals surface area contributed by atoms with Crippen molar-refractivity contribution in [1.29, 1.82) is 0 Å². The fraction of sp³-hybridized carbons (Fsp3) is 0.414. The van der Waals surface area contributed by atoms with E-state index in [2.05, 4.69) is 41.5 Å². The summed E-state index contributed by atoms with van der Waals surface area (Å²) in [5.74, 6) is 0.736. The van der Waals surface area contributed by atoms with Crippen LogP contribution in [0.2, 0.25) is 0 Å². The van der Waals surface area contributed by atoms with E-state index in [1.165, 1.54) is 11.0 Å². The number of likely N-dealkylation sites (tertiary alicyclic amines) is 1. The summed E-state index contributed by atoms with van der Waals surface area (Å²) in [7, 11) is 0. The molecule has 4 heterocycles. The van der Waals surface area contributed by atoms with Gasteiger partial charge in [0.1, 0.15) is 24.3 Å². The SMILES string of the molecule is C=CC(=O)N1CCC1C(=O)Nc1cccc(COC(=O)Nc2cc(NC3CCOCC3)nc3c(C(C)C)cnn23)c1. The molecule has 2 aliphatic heterocycles. The van der Waals surface area contributed by atoms with Gasteiger partial charge in [0.2, 0.25) is 11.8 Å². The van der Waals surface area contributed by atoms with Crippen LogP contribution in [0.1, 0.15) is 50.2 Å². The average molecular weight is 562 g/mol. The Hall–Kier alpha value is -4.45. The fourth-order valence-corrected chi connectivity index (χ4v) is 4.90. The maximum atomic E-state index is 12.9. The molecule has 12 heteroatoms. The Morgan fingerprint density at radius 1 is 1.17 bits per heavy atom. The van der Waals surface area contributed by atoms with E-state index in [1.54, 1.807) is 41.0 Å². The molecule has 2 aliphatic rings. The number of nitrogens with zero attached hydrogens (tertiary/aromatic N) is 4. The molecule has 2 fully saturated rings. The van der Waals surface area contributed by atoms with Crippen molar-refractivity contribution >= 4 is 40.9 Å². The van der Waals surface area contributed by atoms with E-state index in [0.717, 1.165) is 18.4 Å². The maximum Gasteiger partial charge on any atom is 0.413 e. The Morgan fingerprint density at radius 2 is 1.98 bits per heavy atom. The van der Waals surface area contributed by atoms with Gasteiger partial charge >= 0.3 is 6.09 Å². The first-order chi connectivity index (χ1) is 19.8. The predicted octanol–water partition coefficient (Wildman–Crippen LogP) is 3.92. The molecule has 0 radical (unpaired) electrons. The van der Waals surface area contributed by atoms with Crippen molar-refractivity contribution in [3.63, 3.8) is 0 Å². The van der Waals surface area contributed by atoms with Gasteiger partial charge in [-0.15, -0.1) is 0 Å².